The van der Waals surface area contributed by atoms with E-state index < -0.39 is 11.4 Å². The predicted octanol–water partition coefficient (Wildman–Crippen LogP) is 2.14. The van der Waals surface area contributed by atoms with Gasteiger partial charge in [-0.3, -0.25) is 9.59 Å². The Labute approximate surface area is 158 Å². The molecule has 1 amide bonds. The van der Waals surface area contributed by atoms with E-state index in [2.05, 4.69) is 15.5 Å². The smallest absolute Gasteiger partial charge is 0.311 e. The number of carbonyl (C=O) groups excluding carboxylic acids is 1. The summed E-state index contributed by atoms with van der Waals surface area (Å²) in [6.07, 6.45) is 2.73. The fraction of sp³-hybridized carbons (Fsp3) is 0.526. The fourth-order valence-electron chi connectivity index (χ4n) is 3.77. The molecule has 1 aromatic carbocycles. The first-order valence-corrected chi connectivity index (χ1v) is 9.29. The molecule has 2 heterocycles. The van der Waals surface area contributed by atoms with Crippen molar-refractivity contribution in [1.82, 2.24) is 25.1 Å². The maximum Gasteiger partial charge on any atom is 0.311 e. The number of hydrogen-bond donors (Lipinski definition) is 1. The Morgan fingerprint density at radius 3 is 2.59 bits per heavy atom. The molecule has 8 heteroatoms. The predicted molar refractivity (Wildman–Crippen MR) is 98.2 cm³/mol. The minimum absolute atomic E-state index is 0.110. The van der Waals surface area contributed by atoms with Gasteiger partial charge in [0.1, 0.15) is 5.82 Å². The summed E-state index contributed by atoms with van der Waals surface area (Å²) in [7, 11) is 0. The van der Waals surface area contributed by atoms with Crippen molar-refractivity contribution in [1.29, 1.82) is 0 Å². The van der Waals surface area contributed by atoms with E-state index >= 15 is 0 Å². The Hall–Kier alpha value is -2.77. The van der Waals surface area contributed by atoms with Crippen LogP contribution in [0.1, 0.15) is 54.4 Å². The van der Waals surface area contributed by atoms with Crippen LogP contribution in [0.3, 0.4) is 0 Å². The van der Waals surface area contributed by atoms with Gasteiger partial charge in [-0.2, -0.15) is 0 Å². The van der Waals surface area contributed by atoms with Crippen LogP contribution in [0.2, 0.25) is 0 Å². The topological polar surface area (TPSA) is 101 Å². The maximum atomic E-state index is 12.9. The molecule has 0 bridgehead atoms. The van der Waals surface area contributed by atoms with Crippen LogP contribution in [0.5, 0.6) is 0 Å². The van der Waals surface area contributed by atoms with Gasteiger partial charge in [0.25, 0.3) is 5.91 Å². The zero-order valence-corrected chi connectivity index (χ0v) is 15.8. The molecule has 2 aromatic rings. The monoisotopic (exact) mass is 371 g/mol. The van der Waals surface area contributed by atoms with Gasteiger partial charge in [0.05, 0.1) is 12.0 Å². The summed E-state index contributed by atoms with van der Waals surface area (Å²) in [5.41, 5.74) is 0.747. The lowest BCUT2D eigenvalue weighted by molar-refractivity contribution is -0.152. The van der Waals surface area contributed by atoms with Crippen LogP contribution in [0.4, 0.5) is 0 Å². The summed E-state index contributed by atoms with van der Waals surface area (Å²) in [6.45, 7) is 5.23. The van der Waals surface area contributed by atoms with Crippen molar-refractivity contribution < 1.29 is 14.7 Å². The Morgan fingerprint density at radius 2 is 2.00 bits per heavy atom. The van der Waals surface area contributed by atoms with Gasteiger partial charge in [-0.1, -0.05) is 25.5 Å². The van der Waals surface area contributed by atoms with Gasteiger partial charge in [-0.25, -0.2) is 4.68 Å². The van der Waals surface area contributed by atoms with E-state index in [1.54, 1.807) is 21.7 Å². The minimum atomic E-state index is -0.819. The van der Waals surface area contributed by atoms with E-state index in [4.69, 9.17) is 0 Å². The molecule has 1 fully saturated rings. The van der Waals surface area contributed by atoms with Crippen molar-refractivity contribution in [3.8, 4) is 0 Å². The van der Waals surface area contributed by atoms with Crippen LogP contribution >= 0.6 is 0 Å². The molecule has 1 atom stereocenters. The number of hydrogen-bond acceptors (Lipinski definition) is 5. The van der Waals surface area contributed by atoms with Crippen molar-refractivity contribution in [3.05, 3.63) is 41.2 Å². The van der Waals surface area contributed by atoms with Crippen LogP contribution in [-0.4, -0.2) is 55.2 Å². The minimum Gasteiger partial charge on any atom is -0.481 e. The van der Waals surface area contributed by atoms with E-state index in [0.717, 1.165) is 17.8 Å². The number of carbonyl (C=O) groups is 2. The number of aliphatic carboxylic acids is 1. The molecule has 1 unspecified atom stereocenters. The fourth-order valence-corrected chi connectivity index (χ4v) is 3.77. The Balaban J connectivity index is 1.71. The number of aromatic nitrogens is 4. The summed E-state index contributed by atoms with van der Waals surface area (Å²) < 4.78 is 1.69. The lowest BCUT2D eigenvalue weighted by Crippen LogP contribution is -2.49. The van der Waals surface area contributed by atoms with Crippen molar-refractivity contribution in [2.45, 2.75) is 46.1 Å². The molecule has 1 N–H and O–H groups in total. The molecule has 0 saturated carbocycles. The zero-order valence-electron chi connectivity index (χ0n) is 15.8. The lowest BCUT2D eigenvalue weighted by atomic mass is 9.76. The number of rotatable bonds is 6. The molecule has 1 aromatic heterocycles. The average molecular weight is 371 g/mol. The lowest BCUT2D eigenvalue weighted by Gasteiger charge is -2.40. The molecule has 1 aliphatic heterocycles. The quantitative estimate of drug-likeness (QED) is 0.835. The molecule has 1 saturated heterocycles. The highest BCUT2D eigenvalue weighted by Gasteiger charge is 2.42. The normalized spacial score (nSPS) is 19.9. The van der Waals surface area contributed by atoms with E-state index in [1.807, 2.05) is 26.0 Å². The van der Waals surface area contributed by atoms with Gasteiger partial charge in [0, 0.05) is 18.7 Å². The van der Waals surface area contributed by atoms with Crippen LogP contribution in [0, 0.1) is 12.3 Å². The Morgan fingerprint density at radius 1 is 1.26 bits per heavy atom. The van der Waals surface area contributed by atoms with E-state index in [9.17, 15) is 14.7 Å². The van der Waals surface area contributed by atoms with Gasteiger partial charge in [0.2, 0.25) is 0 Å². The zero-order chi connectivity index (χ0) is 19.4. The van der Waals surface area contributed by atoms with Crippen LogP contribution in [0.25, 0.3) is 0 Å². The number of amides is 1. The molecule has 0 spiro atoms. The third-order valence-electron chi connectivity index (χ3n) is 5.29. The van der Waals surface area contributed by atoms with E-state index in [1.165, 1.54) is 0 Å². The van der Waals surface area contributed by atoms with Gasteiger partial charge in [0.15, 0.2) is 0 Å². The molecule has 27 heavy (non-hydrogen) atoms. The number of nitrogens with zero attached hydrogens (tertiary/aromatic N) is 5. The van der Waals surface area contributed by atoms with Crippen LogP contribution in [0.15, 0.2) is 24.3 Å². The third-order valence-corrected chi connectivity index (χ3v) is 5.29. The van der Waals surface area contributed by atoms with E-state index in [-0.39, 0.29) is 12.5 Å². The summed E-state index contributed by atoms with van der Waals surface area (Å²) >= 11 is 0. The third kappa shape index (κ3) is 3.99. The van der Waals surface area contributed by atoms with E-state index in [0.29, 0.717) is 37.9 Å². The van der Waals surface area contributed by atoms with Crippen LogP contribution < -0.4 is 0 Å². The number of likely N-dealkylation sites (tertiary alicyclic amines) is 1. The number of carboxylic acids is 1. The molecule has 0 aliphatic carbocycles. The second kappa shape index (κ2) is 7.85. The largest absolute Gasteiger partial charge is 0.481 e. The van der Waals surface area contributed by atoms with Gasteiger partial charge in [-0.05, 0) is 54.3 Å². The Kier molecular flexibility index (Phi) is 5.53. The number of tetrazole rings is 1. The first-order valence-electron chi connectivity index (χ1n) is 9.29. The van der Waals surface area contributed by atoms with Crippen LogP contribution in [-0.2, 0) is 11.3 Å². The summed E-state index contributed by atoms with van der Waals surface area (Å²) in [5.74, 6) is -0.181. The van der Waals surface area contributed by atoms with Crippen molar-refractivity contribution >= 4 is 11.9 Å². The SMILES string of the molecule is CCCC1(C(=O)O)CCCN(C(=O)c2ccc(Cn3nnnc3C)cc2)C1. The van der Waals surface area contributed by atoms with Crippen molar-refractivity contribution in [3.63, 3.8) is 0 Å². The molecule has 144 valence electrons. The number of piperidine rings is 1. The van der Waals surface area contributed by atoms with Gasteiger partial charge < -0.3 is 10.0 Å². The highest BCUT2D eigenvalue weighted by molar-refractivity contribution is 5.94. The second-order valence-corrected chi connectivity index (χ2v) is 7.25. The maximum absolute atomic E-state index is 12.9. The number of benzene rings is 1. The molecule has 0 radical (unpaired) electrons. The molecule has 1 aliphatic rings. The number of aryl methyl sites for hydroxylation is 1. The number of carboxylic acid groups (broad SMARTS) is 1. The van der Waals surface area contributed by atoms with Crippen molar-refractivity contribution in [2.24, 2.45) is 5.41 Å². The van der Waals surface area contributed by atoms with Gasteiger partial charge in [-0.15, -0.1) is 5.10 Å². The standard InChI is InChI=1S/C19H25N5O3/c1-3-9-19(18(26)27)10-4-11-23(13-19)17(25)16-7-5-15(6-8-16)12-24-14(2)20-21-22-24/h5-8H,3-4,9-13H2,1-2H3,(H,26,27). The first kappa shape index (κ1) is 19.0. The first-order chi connectivity index (χ1) is 12.9. The highest BCUT2D eigenvalue weighted by Crippen LogP contribution is 2.35. The summed E-state index contributed by atoms with van der Waals surface area (Å²) in [4.78, 5) is 26.4. The molecular weight excluding hydrogens is 346 g/mol. The summed E-state index contributed by atoms with van der Waals surface area (Å²) in [5, 5.41) is 21.1. The molecular formula is C19H25N5O3. The van der Waals surface area contributed by atoms with Crippen molar-refractivity contribution in [2.75, 3.05) is 13.1 Å². The average Bonchev–Trinajstić information content (AvgIpc) is 3.07. The summed E-state index contributed by atoms with van der Waals surface area (Å²) in [6, 6.07) is 7.34. The molecule has 8 nitrogen and oxygen atoms in total. The Bertz CT molecular complexity index is 813. The second-order valence-electron chi connectivity index (χ2n) is 7.25. The van der Waals surface area contributed by atoms with Gasteiger partial charge >= 0.3 is 5.97 Å². The molecule has 3 rings (SSSR count). The highest BCUT2D eigenvalue weighted by atomic mass is 16.4.